The summed E-state index contributed by atoms with van der Waals surface area (Å²) in [6.45, 7) is 4.67. The molecule has 2 N–H and O–H groups in total. The number of amides is 2. The molecule has 0 bridgehead atoms. The van der Waals surface area contributed by atoms with Crippen molar-refractivity contribution in [1.29, 1.82) is 0 Å². The Balaban J connectivity index is 2.59. The number of urea groups is 1. The largest absolute Gasteiger partial charge is 0.480 e. The summed E-state index contributed by atoms with van der Waals surface area (Å²) in [5.74, 6) is -1.25. The van der Waals surface area contributed by atoms with Crippen LogP contribution in [-0.2, 0) is 14.3 Å². The van der Waals surface area contributed by atoms with Gasteiger partial charge in [-0.05, 0) is 32.1 Å². The number of hydrogen-bond donors (Lipinski definition) is 2. The number of hydrogen-bond acceptors (Lipinski definition) is 4. The Hall–Kier alpha value is -1.79. The molecule has 0 aromatic carbocycles. The number of carbonyl (C=O) groups excluding carboxylic acids is 2. The molecule has 7 heteroatoms. The molecule has 1 heterocycles. The van der Waals surface area contributed by atoms with Crippen molar-refractivity contribution in [2.75, 3.05) is 13.7 Å². The van der Waals surface area contributed by atoms with Gasteiger partial charge in [-0.15, -0.1) is 0 Å². The van der Waals surface area contributed by atoms with E-state index < -0.39 is 18.0 Å². The molecule has 1 fully saturated rings. The maximum absolute atomic E-state index is 12.2. The molecule has 120 valence electrons. The normalized spacial score (nSPS) is 23.3. The molecule has 1 rings (SSSR count). The van der Waals surface area contributed by atoms with Gasteiger partial charge in [0.1, 0.15) is 6.04 Å². The van der Waals surface area contributed by atoms with E-state index in [1.54, 1.807) is 4.90 Å². The van der Waals surface area contributed by atoms with Gasteiger partial charge in [0.15, 0.2) is 0 Å². The van der Waals surface area contributed by atoms with Crippen LogP contribution in [0.5, 0.6) is 0 Å². The van der Waals surface area contributed by atoms with E-state index in [4.69, 9.17) is 5.11 Å². The second-order valence-corrected chi connectivity index (χ2v) is 5.51. The van der Waals surface area contributed by atoms with Crippen molar-refractivity contribution < 1.29 is 24.2 Å². The molecule has 1 aliphatic rings. The number of piperidine rings is 1. The molecule has 0 saturated carbocycles. The predicted octanol–water partition coefficient (Wildman–Crippen LogP) is 1.22. The molecule has 1 aliphatic heterocycles. The van der Waals surface area contributed by atoms with Crippen LogP contribution in [0.25, 0.3) is 0 Å². The van der Waals surface area contributed by atoms with Crippen LogP contribution >= 0.6 is 0 Å². The van der Waals surface area contributed by atoms with E-state index in [0.29, 0.717) is 12.5 Å². The van der Waals surface area contributed by atoms with E-state index in [-0.39, 0.29) is 24.9 Å². The molecule has 21 heavy (non-hydrogen) atoms. The first-order chi connectivity index (χ1) is 9.86. The highest BCUT2D eigenvalue weighted by molar-refractivity contribution is 5.83. The minimum atomic E-state index is -1.15. The van der Waals surface area contributed by atoms with E-state index in [0.717, 1.165) is 12.8 Å². The van der Waals surface area contributed by atoms with Gasteiger partial charge in [0.2, 0.25) is 0 Å². The number of carboxylic acids is 1. The average molecular weight is 300 g/mol. The topological polar surface area (TPSA) is 95.9 Å². The van der Waals surface area contributed by atoms with Crippen molar-refractivity contribution in [2.24, 2.45) is 5.92 Å². The van der Waals surface area contributed by atoms with Gasteiger partial charge in [-0.3, -0.25) is 4.79 Å². The monoisotopic (exact) mass is 300 g/mol. The first-order valence-electron chi connectivity index (χ1n) is 7.23. The Morgan fingerprint density at radius 1 is 1.38 bits per heavy atom. The zero-order valence-electron chi connectivity index (χ0n) is 12.8. The maximum Gasteiger partial charge on any atom is 0.326 e. The number of methoxy groups -OCH3 is 1. The summed E-state index contributed by atoms with van der Waals surface area (Å²) in [5.41, 5.74) is 0. The standard InChI is InChI=1S/C14H24N2O5/c1-9-5-4-8-16(10(9)2)14(20)15-11(13(18)19)6-7-12(17)21-3/h9-11H,4-8H2,1-3H3,(H,15,20)(H,18,19)/t9?,10?,11-/m0/s1. The minimum Gasteiger partial charge on any atom is -0.480 e. The van der Waals surface area contributed by atoms with Crippen LogP contribution < -0.4 is 5.32 Å². The molecule has 1 saturated heterocycles. The highest BCUT2D eigenvalue weighted by atomic mass is 16.5. The second-order valence-electron chi connectivity index (χ2n) is 5.51. The van der Waals surface area contributed by atoms with Crippen LogP contribution in [0.1, 0.15) is 39.5 Å². The highest BCUT2D eigenvalue weighted by Crippen LogP contribution is 2.22. The molecule has 7 nitrogen and oxygen atoms in total. The number of esters is 1. The summed E-state index contributed by atoms with van der Waals surface area (Å²) >= 11 is 0. The Kier molecular flexibility index (Phi) is 6.45. The number of likely N-dealkylation sites (tertiary alicyclic amines) is 1. The average Bonchev–Trinajstić information content (AvgIpc) is 2.45. The smallest absolute Gasteiger partial charge is 0.326 e. The van der Waals surface area contributed by atoms with E-state index in [1.807, 2.05) is 6.92 Å². The predicted molar refractivity (Wildman–Crippen MR) is 75.8 cm³/mol. The molecule has 2 amide bonds. The molecule has 0 aromatic heterocycles. The third-order valence-corrected chi connectivity index (χ3v) is 4.10. The van der Waals surface area contributed by atoms with Crippen molar-refractivity contribution in [1.82, 2.24) is 10.2 Å². The zero-order chi connectivity index (χ0) is 16.0. The molecular formula is C14H24N2O5. The van der Waals surface area contributed by atoms with Crippen LogP contribution in [0.2, 0.25) is 0 Å². The molecular weight excluding hydrogens is 276 g/mol. The molecule has 0 aliphatic carbocycles. The molecule has 0 spiro atoms. The molecule has 2 unspecified atom stereocenters. The number of nitrogens with one attached hydrogen (secondary N) is 1. The third-order valence-electron chi connectivity index (χ3n) is 4.10. The number of aliphatic carboxylic acids is 1. The summed E-state index contributed by atoms with van der Waals surface area (Å²) < 4.78 is 4.48. The maximum atomic E-state index is 12.2. The number of ether oxygens (including phenoxy) is 1. The van der Waals surface area contributed by atoms with Gasteiger partial charge in [0, 0.05) is 19.0 Å². The number of nitrogens with zero attached hydrogens (tertiary/aromatic N) is 1. The lowest BCUT2D eigenvalue weighted by Crippen LogP contribution is -2.54. The fourth-order valence-electron chi connectivity index (χ4n) is 2.48. The number of carbonyl (C=O) groups is 3. The van der Waals surface area contributed by atoms with Gasteiger partial charge in [0.05, 0.1) is 7.11 Å². The van der Waals surface area contributed by atoms with Crippen LogP contribution in [0.3, 0.4) is 0 Å². The van der Waals surface area contributed by atoms with Gasteiger partial charge < -0.3 is 20.1 Å². The van der Waals surface area contributed by atoms with Gasteiger partial charge >= 0.3 is 18.0 Å². The van der Waals surface area contributed by atoms with E-state index in [2.05, 4.69) is 17.0 Å². The third kappa shape index (κ3) is 4.91. The minimum absolute atomic E-state index is 0.0194. The molecule has 0 radical (unpaired) electrons. The summed E-state index contributed by atoms with van der Waals surface area (Å²) in [6.07, 6.45) is 1.96. The number of carboxylic acid groups (broad SMARTS) is 1. The fraction of sp³-hybridized carbons (Fsp3) is 0.786. The van der Waals surface area contributed by atoms with Crippen molar-refractivity contribution >= 4 is 18.0 Å². The lowest BCUT2D eigenvalue weighted by atomic mass is 9.92. The van der Waals surface area contributed by atoms with E-state index in [1.165, 1.54) is 7.11 Å². The Morgan fingerprint density at radius 3 is 2.62 bits per heavy atom. The number of rotatable bonds is 5. The second kappa shape index (κ2) is 7.85. The van der Waals surface area contributed by atoms with Gasteiger partial charge in [0.25, 0.3) is 0 Å². The fourth-order valence-corrected chi connectivity index (χ4v) is 2.48. The van der Waals surface area contributed by atoms with Crippen molar-refractivity contribution in [2.45, 2.75) is 51.6 Å². The molecule has 0 aromatic rings. The summed E-state index contributed by atoms with van der Waals surface area (Å²) in [7, 11) is 1.24. The van der Waals surface area contributed by atoms with E-state index >= 15 is 0 Å². The summed E-state index contributed by atoms with van der Waals surface area (Å²) in [6, 6.07) is -1.39. The van der Waals surface area contributed by atoms with Crippen molar-refractivity contribution in [3.05, 3.63) is 0 Å². The SMILES string of the molecule is COC(=O)CC[C@H](NC(=O)N1CCCC(C)C1C)C(=O)O. The van der Waals surface area contributed by atoms with Crippen LogP contribution in [-0.4, -0.2) is 53.7 Å². The zero-order valence-corrected chi connectivity index (χ0v) is 12.8. The van der Waals surface area contributed by atoms with Crippen LogP contribution in [0.4, 0.5) is 4.79 Å². The first kappa shape index (κ1) is 17.3. The summed E-state index contributed by atoms with van der Waals surface area (Å²) in [5, 5.41) is 11.6. The Bertz CT molecular complexity index is 399. The quantitative estimate of drug-likeness (QED) is 0.744. The van der Waals surface area contributed by atoms with Gasteiger partial charge in [-0.2, -0.15) is 0 Å². The van der Waals surface area contributed by atoms with Gasteiger partial charge in [-0.1, -0.05) is 6.92 Å². The summed E-state index contributed by atoms with van der Waals surface area (Å²) in [4.78, 5) is 36.1. The van der Waals surface area contributed by atoms with Crippen LogP contribution in [0.15, 0.2) is 0 Å². The molecule has 3 atom stereocenters. The Morgan fingerprint density at radius 2 is 2.05 bits per heavy atom. The first-order valence-corrected chi connectivity index (χ1v) is 7.23. The lowest BCUT2D eigenvalue weighted by Gasteiger charge is -2.38. The lowest BCUT2D eigenvalue weighted by molar-refractivity contribution is -0.142. The van der Waals surface area contributed by atoms with E-state index in [9.17, 15) is 14.4 Å². The Labute approximate surface area is 124 Å². The van der Waals surface area contributed by atoms with Crippen LogP contribution in [0, 0.1) is 5.92 Å². The van der Waals surface area contributed by atoms with Crippen molar-refractivity contribution in [3.8, 4) is 0 Å². The highest BCUT2D eigenvalue weighted by Gasteiger charge is 2.31. The van der Waals surface area contributed by atoms with Gasteiger partial charge in [-0.25, -0.2) is 9.59 Å². The van der Waals surface area contributed by atoms with Crippen molar-refractivity contribution in [3.63, 3.8) is 0 Å².